The van der Waals surface area contributed by atoms with E-state index in [9.17, 15) is 14.3 Å². The van der Waals surface area contributed by atoms with Crippen LogP contribution in [0.2, 0.25) is 10.0 Å². The van der Waals surface area contributed by atoms with Crippen LogP contribution in [-0.4, -0.2) is 66.2 Å². The summed E-state index contributed by atoms with van der Waals surface area (Å²) in [6.07, 6.45) is 2.69. The van der Waals surface area contributed by atoms with Gasteiger partial charge < -0.3 is 29.5 Å². The summed E-state index contributed by atoms with van der Waals surface area (Å²) in [5, 5.41) is 14.8. The van der Waals surface area contributed by atoms with Crippen molar-refractivity contribution in [3.8, 4) is 11.5 Å². The molecule has 10 heteroatoms. The zero-order valence-electron chi connectivity index (χ0n) is 20.1. The maximum Gasteiger partial charge on any atom is 0.410 e. The average molecular weight is 541 g/mol. The Morgan fingerprint density at radius 1 is 1.11 bits per heavy atom. The topological polar surface area (TPSA) is 80.3 Å². The van der Waals surface area contributed by atoms with Crippen molar-refractivity contribution in [2.75, 3.05) is 26.3 Å². The summed E-state index contributed by atoms with van der Waals surface area (Å²) in [6, 6.07) is 11.6. The molecule has 7 nitrogen and oxygen atoms in total. The third kappa shape index (κ3) is 7.38. The van der Waals surface area contributed by atoms with Crippen LogP contribution in [0.25, 0.3) is 0 Å². The number of rotatable bonds is 10. The van der Waals surface area contributed by atoms with Crippen molar-refractivity contribution in [3.05, 3.63) is 58.3 Å². The molecule has 2 aliphatic rings. The third-order valence-corrected chi connectivity index (χ3v) is 7.06. The summed E-state index contributed by atoms with van der Waals surface area (Å²) in [6.45, 7) is 2.87. The number of benzene rings is 2. The lowest BCUT2D eigenvalue weighted by molar-refractivity contribution is 0.00859. The number of carbonyl (C=O) groups is 1. The highest BCUT2D eigenvalue weighted by molar-refractivity contribution is 6.30. The molecule has 2 fully saturated rings. The Morgan fingerprint density at radius 2 is 1.81 bits per heavy atom. The van der Waals surface area contributed by atoms with Gasteiger partial charge in [0.25, 0.3) is 0 Å². The van der Waals surface area contributed by atoms with Crippen LogP contribution in [0, 0.1) is 5.82 Å². The number of carbonyl (C=O) groups excluding carboxylic acids is 1. The quantitative estimate of drug-likeness (QED) is 0.438. The van der Waals surface area contributed by atoms with Crippen molar-refractivity contribution in [1.82, 2.24) is 10.2 Å². The van der Waals surface area contributed by atoms with Gasteiger partial charge in [-0.25, -0.2) is 9.18 Å². The molecule has 1 saturated carbocycles. The number of amides is 1. The number of cyclic esters (lactones) is 1. The van der Waals surface area contributed by atoms with E-state index in [4.69, 9.17) is 37.4 Å². The molecule has 2 unspecified atom stereocenters. The number of nitrogens with one attached hydrogen (secondary N) is 1. The van der Waals surface area contributed by atoms with Crippen molar-refractivity contribution in [1.29, 1.82) is 0 Å². The van der Waals surface area contributed by atoms with E-state index in [0.29, 0.717) is 29.6 Å². The van der Waals surface area contributed by atoms with E-state index in [1.165, 1.54) is 12.1 Å². The molecule has 2 atom stereocenters. The van der Waals surface area contributed by atoms with Gasteiger partial charge in [-0.15, -0.1) is 0 Å². The molecule has 1 amide bonds. The average Bonchev–Trinajstić information content (AvgIpc) is 3.24. The Bertz CT molecular complexity index is 1030. The first-order chi connectivity index (χ1) is 17.2. The summed E-state index contributed by atoms with van der Waals surface area (Å²) in [5.41, 5.74) is -1.03. The maximum absolute atomic E-state index is 13.6. The summed E-state index contributed by atoms with van der Waals surface area (Å²) < 4.78 is 30.3. The fourth-order valence-electron chi connectivity index (χ4n) is 4.46. The Kier molecular flexibility index (Phi) is 8.83. The van der Waals surface area contributed by atoms with Gasteiger partial charge in [0.15, 0.2) is 6.10 Å². The van der Waals surface area contributed by atoms with Gasteiger partial charge in [-0.05, 0) is 69.0 Å². The van der Waals surface area contributed by atoms with Crippen molar-refractivity contribution < 1.29 is 28.5 Å². The number of aliphatic hydroxyl groups is 1. The smallest absolute Gasteiger partial charge is 0.410 e. The van der Waals surface area contributed by atoms with E-state index < -0.39 is 17.5 Å². The van der Waals surface area contributed by atoms with E-state index >= 15 is 0 Å². The van der Waals surface area contributed by atoms with Gasteiger partial charge in [0.05, 0.1) is 11.6 Å². The molecule has 0 radical (unpaired) electrons. The zero-order valence-corrected chi connectivity index (χ0v) is 21.6. The lowest BCUT2D eigenvalue weighted by Crippen LogP contribution is -2.49. The molecule has 0 spiro atoms. The Hall–Kier alpha value is -2.26. The highest BCUT2D eigenvalue weighted by atomic mass is 35.5. The summed E-state index contributed by atoms with van der Waals surface area (Å²) >= 11 is 11.6. The van der Waals surface area contributed by atoms with Crippen LogP contribution in [0.1, 0.15) is 32.6 Å². The number of halogens is 3. The standard InChI is InChI=1S/C26H31Cl2FN2O5/c1-26(33,16-35-20-8-2-17(27)3-9-20)15-30-18-4-6-19(7-5-18)31-13-22(36-25(31)32)14-34-21-10-11-23(28)24(29)12-21/h2-3,8-12,18-19,22,30,33H,4-7,13-16H2,1H3. The molecule has 1 aliphatic carbocycles. The Morgan fingerprint density at radius 3 is 2.50 bits per heavy atom. The molecule has 0 aromatic heterocycles. The van der Waals surface area contributed by atoms with E-state index in [0.717, 1.165) is 25.7 Å². The van der Waals surface area contributed by atoms with E-state index in [2.05, 4.69) is 5.32 Å². The Labute approximate surface area is 220 Å². The molecule has 2 aromatic rings. The lowest BCUT2D eigenvalue weighted by Gasteiger charge is -2.35. The van der Waals surface area contributed by atoms with Crippen LogP contribution in [0.4, 0.5) is 9.18 Å². The Balaban J connectivity index is 1.16. The predicted molar refractivity (Wildman–Crippen MR) is 135 cm³/mol. The summed E-state index contributed by atoms with van der Waals surface area (Å²) in [5.74, 6) is 0.439. The molecule has 2 N–H and O–H groups in total. The number of nitrogens with zero attached hydrogens (tertiary/aromatic N) is 1. The molecule has 4 rings (SSSR count). The molecule has 36 heavy (non-hydrogen) atoms. The van der Waals surface area contributed by atoms with Gasteiger partial charge in [0.2, 0.25) is 0 Å². The van der Waals surface area contributed by atoms with Gasteiger partial charge in [-0.1, -0.05) is 23.2 Å². The summed E-state index contributed by atoms with van der Waals surface area (Å²) in [7, 11) is 0. The molecule has 0 bridgehead atoms. The second kappa shape index (κ2) is 11.9. The largest absolute Gasteiger partial charge is 0.491 e. The molecular formula is C26H31Cl2FN2O5. The molecule has 1 heterocycles. The van der Waals surface area contributed by atoms with Crippen molar-refractivity contribution in [2.24, 2.45) is 0 Å². The highest BCUT2D eigenvalue weighted by Gasteiger charge is 2.38. The van der Waals surface area contributed by atoms with Crippen LogP contribution < -0.4 is 14.8 Å². The van der Waals surface area contributed by atoms with Crippen LogP contribution >= 0.6 is 23.2 Å². The molecule has 1 aliphatic heterocycles. The predicted octanol–water partition coefficient (Wildman–Crippen LogP) is 5.06. The van der Waals surface area contributed by atoms with Gasteiger partial charge in [-0.3, -0.25) is 0 Å². The van der Waals surface area contributed by atoms with Crippen molar-refractivity contribution in [2.45, 2.75) is 56.4 Å². The van der Waals surface area contributed by atoms with Crippen molar-refractivity contribution >= 4 is 29.3 Å². The second-order valence-corrected chi connectivity index (χ2v) is 10.5. The summed E-state index contributed by atoms with van der Waals surface area (Å²) in [4.78, 5) is 14.2. The normalized spacial score (nSPS) is 23.8. The number of ether oxygens (including phenoxy) is 3. The second-order valence-electron chi connectivity index (χ2n) is 9.67. The zero-order chi connectivity index (χ0) is 25.7. The highest BCUT2D eigenvalue weighted by Crippen LogP contribution is 2.28. The van der Waals surface area contributed by atoms with Crippen LogP contribution in [-0.2, 0) is 4.74 Å². The lowest BCUT2D eigenvalue weighted by atomic mass is 9.90. The first-order valence-corrected chi connectivity index (χ1v) is 12.8. The van der Waals surface area contributed by atoms with E-state index in [1.807, 2.05) is 0 Å². The molecular weight excluding hydrogens is 510 g/mol. The van der Waals surface area contributed by atoms with Gasteiger partial charge in [-0.2, -0.15) is 0 Å². The molecule has 2 aromatic carbocycles. The minimum Gasteiger partial charge on any atom is -0.491 e. The number of hydrogen-bond donors (Lipinski definition) is 2. The minimum atomic E-state index is -1.03. The first kappa shape index (κ1) is 26.8. The number of hydrogen-bond acceptors (Lipinski definition) is 6. The van der Waals surface area contributed by atoms with Crippen molar-refractivity contribution in [3.63, 3.8) is 0 Å². The fourth-order valence-corrected chi connectivity index (χ4v) is 4.70. The maximum atomic E-state index is 13.6. The molecule has 196 valence electrons. The fraction of sp³-hybridized carbons (Fsp3) is 0.500. The van der Waals surface area contributed by atoms with Gasteiger partial charge in [0, 0.05) is 29.7 Å². The van der Waals surface area contributed by atoms with Crippen LogP contribution in [0.5, 0.6) is 11.5 Å². The third-order valence-electron chi connectivity index (χ3n) is 6.50. The van der Waals surface area contributed by atoms with Crippen LogP contribution in [0.15, 0.2) is 42.5 Å². The minimum absolute atomic E-state index is 0.0285. The molecule has 1 saturated heterocycles. The van der Waals surface area contributed by atoms with E-state index in [-0.39, 0.29) is 36.4 Å². The monoisotopic (exact) mass is 540 g/mol. The van der Waals surface area contributed by atoms with Gasteiger partial charge in [0.1, 0.15) is 36.1 Å². The van der Waals surface area contributed by atoms with Gasteiger partial charge >= 0.3 is 6.09 Å². The first-order valence-electron chi connectivity index (χ1n) is 12.1. The SMILES string of the molecule is CC(O)(CNC1CCC(N2CC(COc3ccc(Cl)c(F)c3)OC2=O)CC1)COc1ccc(Cl)cc1. The van der Waals surface area contributed by atoms with E-state index in [1.54, 1.807) is 42.2 Å². The van der Waals surface area contributed by atoms with Crippen LogP contribution in [0.3, 0.4) is 0 Å².